The largest absolute Gasteiger partial charge is 0.421 e. The Morgan fingerprint density at radius 2 is 1.85 bits per heavy atom. The molecule has 13 heteroatoms. The molecule has 0 aromatic heterocycles. The fourth-order valence-corrected chi connectivity index (χ4v) is 7.70. The second-order valence-corrected chi connectivity index (χ2v) is 13.4. The number of aliphatic hydroxyl groups is 1. The zero-order chi connectivity index (χ0) is 29.5. The van der Waals surface area contributed by atoms with E-state index in [9.17, 15) is 31.5 Å². The van der Waals surface area contributed by atoms with E-state index in [1.807, 2.05) is 18.7 Å². The molecule has 0 spiro atoms. The molecule has 1 aliphatic carbocycles. The Balaban J connectivity index is 1.76. The van der Waals surface area contributed by atoms with Crippen LogP contribution in [0, 0.1) is 5.92 Å². The first-order valence-corrected chi connectivity index (χ1v) is 15.0. The summed E-state index contributed by atoms with van der Waals surface area (Å²) in [7, 11) is -3.97. The van der Waals surface area contributed by atoms with Crippen molar-refractivity contribution in [3.05, 3.63) is 58.5 Å². The third kappa shape index (κ3) is 5.77. The SMILES string of the molecule is CC(C)[C@H]1C(=O)NCCN1C[C@@]1(c2ccc([C@@](C)(O)C(F)(F)F)cc2)CN(S(=O)(=O)C2=CC=CCC2=S)CCN1. The van der Waals surface area contributed by atoms with E-state index in [0.717, 1.165) is 0 Å². The van der Waals surface area contributed by atoms with Crippen molar-refractivity contribution in [3.8, 4) is 0 Å². The molecule has 3 aliphatic rings. The maximum atomic E-state index is 13.8. The summed E-state index contributed by atoms with van der Waals surface area (Å²) >= 11 is 5.35. The minimum Gasteiger partial charge on any atom is -0.376 e. The van der Waals surface area contributed by atoms with Crippen LogP contribution in [0.3, 0.4) is 0 Å². The fraction of sp³-hybridized carbons (Fsp3) is 0.556. The molecule has 4 rings (SSSR count). The van der Waals surface area contributed by atoms with Crippen molar-refractivity contribution in [1.82, 2.24) is 19.8 Å². The number of carbonyl (C=O) groups is 1. The zero-order valence-corrected chi connectivity index (χ0v) is 24.3. The fourth-order valence-electron chi connectivity index (χ4n) is 5.60. The third-order valence-electron chi connectivity index (χ3n) is 7.87. The van der Waals surface area contributed by atoms with Gasteiger partial charge in [-0.1, -0.05) is 62.5 Å². The summed E-state index contributed by atoms with van der Waals surface area (Å²) in [6, 6.07) is 4.93. The molecule has 8 nitrogen and oxygen atoms in total. The highest BCUT2D eigenvalue weighted by atomic mass is 32.2. The van der Waals surface area contributed by atoms with Gasteiger partial charge in [0.15, 0.2) is 5.60 Å². The van der Waals surface area contributed by atoms with E-state index in [4.69, 9.17) is 12.2 Å². The first kappa shape index (κ1) is 30.8. The van der Waals surface area contributed by atoms with Crippen molar-refractivity contribution < 1.29 is 31.5 Å². The Morgan fingerprint density at radius 1 is 1.18 bits per heavy atom. The summed E-state index contributed by atoms with van der Waals surface area (Å²) in [6.07, 6.45) is 0.392. The normalized spacial score (nSPS) is 26.9. The van der Waals surface area contributed by atoms with Crippen LogP contribution in [0.4, 0.5) is 13.2 Å². The summed E-state index contributed by atoms with van der Waals surface area (Å²) in [6.45, 7) is 6.12. The van der Waals surface area contributed by atoms with Crippen LogP contribution in [0.1, 0.15) is 38.3 Å². The Bertz CT molecular complexity index is 1310. The molecule has 2 aliphatic heterocycles. The predicted molar refractivity (Wildman–Crippen MR) is 150 cm³/mol. The maximum Gasteiger partial charge on any atom is 0.421 e. The van der Waals surface area contributed by atoms with Gasteiger partial charge in [0.2, 0.25) is 15.9 Å². The van der Waals surface area contributed by atoms with E-state index in [2.05, 4.69) is 10.6 Å². The molecular weight excluding hydrogens is 565 g/mol. The van der Waals surface area contributed by atoms with Crippen LogP contribution in [-0.4, -0.2) is 85.0 Å². The number of amides is 1. The number of sulfonamides is 1. The van der Waals surface area contributed by atoms with Gasteiger partial charge in [-0.3, -0.25) is 9.69 Å². The van der Waals surface area contributed by atoms with Crippen molar-refractivity contribution >= 4 is 33.0 Å². The standard InChI is InChI=1S/C27H35F3N4O4S2/c1-18(2)23-24(35)31-12-14-33(23)16-26(20-10-8-19(9-11-20)25(3,36)27(28,29)30)17-34(15-13-32-26)40(37,38)22-7-5-4-6-21(22)39/h4-5,7-11,18,23,32,36H,6,12-17H2,1-3H3,(H,31,35)/t23-,25+,26-/m0/s1. The van der Waals surface area contributed by atoms with E-state index >= 15 is 0 Å². The number of piperazine rings is 2. The van der Waals surface area contributed by atoms with Gasteiger partial charge in [-0.15, -0.1) is 0 Å². The molecule has 2 heterocycles. The number of nitrogens with one attached hydrogen (secondary N) is 2. The quantitative estimate of drug-likeness (QED) is 0.414. The van der Waals surface area contributed by atoms with Gasteiger partial charge < -0.3 is 15.7 Å². The highest BCUT2D eigenvalue weighted by molar-refractivity contribution is 7.96. The van der Waals surface area contributed by atoms with Crippen LogP contribution in [0.25, 0.3) is 0 Å². The van der Waals surface area contributed by atoms with E-state index < -0.39 is 33.4 Å². The van der Waals surface area contributed by atoms with Gasteiger partial charge >= 0.3 is 6.18 Å². The van der Waals surface area contributed by atoms with Crippen molar-refractivity contribution in [1.29, 1.82) is 0 Å². The second-order valence-electron chi connectivity index (χ2n) is 11.0. The van der Waals surface area contributed by atoms with Crippen LogP contribution < -0.4 is 10.6 Å². The first-order chi connectivity index (χ1) is 18.6. The minimum atomic E-state index is -4.88. The topological polar surface area (TPSA) is 102 Å². The molecule has 3 N–H and O–H groups in total. The van der Waals surface area contributed by atoms with Crippen molar-refractivity contribution in [2.75, 3.05) is 39.3 Å². The summed E-state index contributed by atoms with van der Waals surface area (Å²) in [5.74, 6) is -0.167. The number of hydrogen-bond acceptors (Lipinski definition) is 7. The molecule has 0 radical (unpaired) electrons. The first-order valence-electron chi connectivity index (χ1n) is 13.2. The van der Waals surface area contributed by atoms with Crippen LogP contribution in [0.15, 0.2) is 47.4 Å². The molecule has 220 valence electrons. The number of alkyl halides is 3. The third-order valence-corrected chi connectivity index (χ3v) is 10.3. The van der Waals surface area contributed by atoms with Crippen LogP contribution >= 0.6 is 12.2 Å². The van der Waals surface area contributed by atoms with Crippen LogP contribution in [-0.2, 0) is 26.0 Å². The number of carbonyl (C=O) groups excluding carboxylic acids is 1. The molecule has 0 bridgehead atoms. The highest BCUT2D eigenvalue weighted by Gasteiger charge is 2.51. The summed E-state index contributed by atoms with van der Waals surface area (Å²) in [5.41, 5.74) is -3.91. The summed E-state index contributed by atoms with van der Waals surface area (Å²) in [4.78, 5) is 15.2. The average molecular weight is 601 g/mol. The molecule has 0 saturated carbocycles. The minimum absolute atomic E-state index is 0.0308. The summed E-state index contributed by atoms with van der Waals surface area (Å²) in [5, 5.41) is 16.5. The highest BCUT2D eigenvalue weighted by Crippen LogP contribution is 2.39. The lowest BCUT2D eigenvalue weighted by molar-refractivity contribution is -0.258. The number of nitrogens with zero attached hydrogens (tertiary/aromatic N) is 2. The Kier molecular flexibility index (Phi) is 8.66. The Labute approximate surface area is 238 Å². The number of hydrogen-bond donors (Lipinski definition) is 3. The monoisotopic (exact) mass is 600 g/mol. The van der Waals surface area contributed by atoms with E-state index in [0.29, 0.717) is 36.9 Å². The number of thiocarbonyl (C=S) groups is 1. The average Bonchev–Trinajstić information content (AvgIpc) is 2.88. The molecule has 1 aromatic carbocycles. The zero-order valence-electron chi connectivity index (χ0n) is 22.7. The van der Waals surface area contributed by atoms with E-state index in [1.54, 1.807) is 12.2 Å². The summed E-state index contributed by atoms with van der Waals surface area (Å²) < 4.78 is 69.4. The molecule has 1 aromatic rings. The smallest absolute Gasteiger partial charge is 0.376 e. The van der Waals surface area contributed by atoms with Crippen LogP contribution in [0.5, 0.6) is 0 Å². The molecule has 2 saturated heterocycles. The van der Waals surface area contributed by atoms with Crippen molar-refractivity contribution in [3.63, 3.8) is 0 Å². The molecule has 1 amide bonds. The molecule has 3 atom stereocenters. The van der Waals surface area contributed by atoms with Crippen molar-refractivity contribution in [2.45, 2.75) is 50.6 Å². The number of rotatable bonds is 7. The molecule has 40 heavy (non-hydrogen) atoms. The van der Waals surface area contributed by atoms with Gasteiger partial charge in [-0.25, -0.2) is 8.42 Å². The predicted octanol–water partition coefficient (Wildman–Crippen LogP) is 2.56. The van der Waals surface area contributed by atoms with Crippen LogP contribution in [0.2, 0.25) is 0 Å². The van der Waals surface area contributed by atoms with Gasteiger partial charge in [0.05, 0.1) is 16.5 Å². The molecule has 2 fully saturated rings. The van der Waals surface area contributed by atoms with E-state index in [1.165, 1.54) is 34.6 Å². The van der Waals surface area contributed by atoms with Gasteiger partial charge in [0.1, 0.15) is 0 Å². The lowest BCUT2D eigenvalue weighted by atomic mass is 9.84. The van der Waals surface area contributed by atoms with Crippen molar-refractivity contribution in [2.24, 2.45) is 5.92 Å². The van der Waals surface area contributed by atoms with Gasteiger partial charge in [-0.2, -0.15) is 17.5 Å². The lowest BCUT2D eigenvalue weighted by Gasteiger charge is -2.48. The Hall–Kier alpha value is -2.16. The Morgan fingerprint density at radius 3 is 2.45 bits per heavy atom. The lowest BCUT2D eigenvalue weighted by Crippen LogP contribution is -2.67. The van der Waals surface area contributed by atoms with Gasteiger partial charge in [0.25, 0.3) is 0 Å². The van der Waals surface area contributed by atoms with Gasteiger partial charge in [0, 0.05) is 50.6 Å². The molecule has 0 unspecified atom stereocenters. The van der Waals surface area contributed by atoms with E-state index in [-0.39, 0.29) is 48.5 Å². The molecular formula is C27H35F3N4O4S2. The second kappa shape index (κ2) is 11.3. The number of allylic oxidation sites excluding steroid dienone is 4. The maximum absolute atomic E-state index is 13.8. The van der Waals surface area contributed by atoms with Gasteiger partial charge in [-0.05, 0) is 30.0 Å². The number of benzene rings is 1. The number of halogens is 3.